The monoisotopic (exact) mass is 263 g/mol. The van der Waals surface area contributed by atoms with Crippen molar-refractivity contribution in [2.75, 3.05) is 5.73 Å². The van der Waals surface area contributed by atoms with Crippen molar-refractivity contribution in [3.63, 3.8) is 0 Å². The Bertz CT molecular complexity index is 414. The van der Waals surface area contributed by atoms with E-state index < -0.39 is 0 Å². The Labute approximate surface area is 112 Å². The van der Waals surface area contributed by atoms with E-state index in [4.69, 9.17) is 5.73 Å². The molecule has 98 valence electrons. The van der Waals surface area contributed by atoms with Crippen LogP contribution in [-0.4, -0.2) is 9.36 Å². The van der Waals surface area contributed by atoms with Crippen molar-refractivity contribution < 1.29 is 0 Å². The van der Waals surface area contributed by atoms with Crippen LogP contribution in [0, 0.1) is 29.6 Å². The van der Waals surface area contributed by atoms with Crippen LogP contribution >= 0.6 is 11.5 Å². The molecule has 0 aromatic carbocycles. The van der Waals surface area contributed by atoms with Crippen LogP contribution in [0.25, 0.3) is 0 Å². The summed E-state index contributed by atoms with van der Waals surface area (Å²) in [6.07, 6.45) is 9.96. The third-order valence-electron chi connectivity index (χ3n) is 5.61. The Kier molecular flexibility index (Phi) is 2.61. The second-order valence-corrected chi connectivity index (χ2v) is 7.47. The van der Waals surface area contributed by atoms with Gasteiger partial charge in [0, 0.05) is 18.0 Å². The van der Waals surface area contributed by atoms with E-state index in [2.05, 4.69) is 9.36 Å². The molecular formula is C14H21N3S. The molecule has 0 amide bonds. The number of rotatable bonds is 3. The number of nitrogen functional groups attached to an aromatic ring is 1. The number of hydrogen-bond acceptors (Lipinski definition) is 4. The van der Waals surface area contributed by atoms with Gasteiger partial charge in [-0.25, -0.2) is 4.98 Å². The molecule has 4 heteroatoms. The SMILES string of the molecule is Nc1nc(CCC2C3CC4CC(C3)CC2C4)ns1. The summed E-state index contributed by atoms with van der Waals surface area (Å²) in [7, 11) is 0. The Balaban J connectivity index is 1.43. The van der Waals surface area contributed by atoms with Crippen molar-refractivity contribution in [2.45, 2.75) is 44.9 Å². The number of anilines is 1. The molecule has 0 radical (unpaired) electrons. The minimum atomic E-state index is 0.620. The van der Waals surface area contributed by atoms with Gasteiger partial charge in [-0.1, -0.05) is 0 Å². The first-order valence-corrected chi connectivity index (χ1v) is 8.13. The van der Waals surface area contributed by atoms with Crippen molar-refractivity contribution in [1.82, 2.24) is 9.36 Å². The zero-order chi connectivity index (χ0) is 12.1. The number of nitrogens with zero attached hydrogens (tertiary/aromatic N) is 2. The lowest BCUT2D eigenvalue weighted by Gasteiger charge is -2.54. The van der Waals surface area contributed by atoms with Crippen molar-refractivity contribution in [1.29, 1.82) is 0 Å². The van der Waals surface area contributed by atoms with E-state index in [0.29, 0.717) is 5.13 Å². The Morgan fingerprint density at radius 2 is 1.72 bits per heavy atom. The van der Waals surface area contributed by atoms with E-state index in [-0.39, 0.29) is 0 Å². The molecule has 1 aromatic rings. The summed E-state index contributed by atoms with van der Waals surface area (Å²) in [6, 6.07) is 0. The second kappa shape index (κ2) is 4.19. The molecule has 0 atom stereocenters. The number of hydrogen-bond donors (Lipinski definition) is 1. The summed E-state index contributed by atoms with van der Waals surface area (Å²) in [5, 5.41) is 0.620. The second-order valence-electron chi connectivity index (χ2n) is 6.68. The summed E-state index contributed by atoms with van der Waals surface area (Å²) in [5.74, 6) is 6.15. The standard InChI is InChI=1S/C14H21N3S/c15-14-16-13(17-18-14)2-1-12-10-4-8-3-9(6-10)7-11(12)5-8/h8-12H,1-7H2,(H2,15,16,17). The average molecular weight is 263 g/mol. The van der Waals surface area contributed by atoms with Gasteiger partial charge in [-0.15, -0.1) is 0 Å². The fourth-order valence-electron chi connectivity index (χ4n) is 5.17. The summed E-state index contributed by atoms with van der Waals surface area (Å²) in [6.45, 7) is 0. The molecule has 4 aliphatic carbocycles. The van der Waals surface area contributed by atoms with Crippen molar-refractivity contribution in [2.24, 2.45) is 29.6 Å². The van der Waals surface area contributed by atoms with Crippen LogP contribution in [0.15, 0.2) is 0 Å². The third-order valence-corrected chi connectivity index (χ3v) is 6.19. The van der Waals surface area contributed by atoms with E-state index in [1.165, 1.54) is 43.6 Å². The Hall–Kier alpha value is -0.640. The molecule has 4 saturated carbocycles. The molecule has 0 unspecified atom stereocenters. The zero-order valence-electron chi connectivity index (χ0n) is 10.7. The smallest absolute Gasteiger partial charge is 0.199 e. The van der Waals surface area contributed by atoms with Gasteiger partial charge in [0.1, 0.15) is 5.82 Å². The van der Waals surface area contributed by atoms with E-state index in [1.807, 2.05) is 0 Å². The van der Waals surface area contributed by atoms with Gasteiger partial charge in [0.05, 0.1) is 0 Å². The lowest BCUT2D eigenvalue weighted by atomic mass is 9.51. The largest absolute Gasteiger partial charge is 0.374 e. The fraction of sp³-hybridized carbons (Fsp3) is 0.857. The predicted octanol–water partition coefficient (Wildman–Crippen LogP) is 3.13. The maximum Gasteiger partial charge on any atom is 0.199 e. The Morgan fingerprint density at radius 1 is 1.06 bits per heavy atom. The number of aryl methyl sites for hydroxylation is 1. The third kappa shape index (κ3) is 1.85. The van der Waals surface area contributed by atoms with Gasteiger partial charge in [0.2, 0.25) is 0 Å². The molecule has 18 heavy (non-hydrogen) atoms. The molecule has 0 saturated heterocycles. The van der Waals surface area contributed by atoms with Gasteiger partial charge in [-0.05, 0) is 68.1 Å². The van der Waals surface area contributed by atoms with Crippen LogP contribution in [-0.2, 0) is 6.42 Å². The zero-order valence-corrected chi connectivity index (χ0v) is 11.5. The minimum Gasteiger partial charge on any atom is -0.374 e. The first-order chi connectivity index (χ1) is 8.78. The van der Waals surface area contributed by atoms with Crippen LogP contribution in [0.3, 0.4) is 0 Å². The molecule has 3 nitrogen and oxygen atoms in total. The molecule has 4 fully saturated rings. The van der Waals surface area contributed by atoms with Crippen LogP contribution in [0.5, 0.6) is 0 Å². The first-order valence-electron chi connectivity index (χ1n) is 7.36. The van der Waals surface area contributed by atoms with Crippen LogP contribution in [0.2, 0.25) is 0 Å². The van der Waals surface area contributed by atoms with E-state index in [0.717, 1.165) is 41.8 Å². The first kappa shape index (κ1) is 11.2. The average Bonchev–Trinajstić information content (AvgIpc) is 2.73. The van der Waals surface area contributed by atoms with Gasteiger partial charge in [-0.2, -0.15) is 4.37 Å². The highest BCUT2D eigenvalue weighted by Gasteiger charge is 2.47. The lowest BCUT2D eigenvalue weighted by molar-refractivity contribution is -0.0395. The van der Waals surface area contributed by atoms with Gasteiger partial charge >= 0.3 is 0 Å². The highest BCUT2D eigenvalue weighted by Crippen LogP contribution is 2.57. The molecule has 5 rings (SSSR count). The summed E-state index contributed by atoms with van der Waals surface area (Å²) >= 11 is 1.34. The van der Waals surface area contributed by atoms with E-state index in [1.54, 1.807) is 6.42 Å². The molecule has 1 aromatic heterocycles. The molecule has 4 aliphatic rings. The van der Waals surface area contributed by atoms with Gasteiger partial charge in [-0.3, -0.25) is 0 Å². The number of aromatic nitrogens is 2. The Morgan fingerprint density at radius 3 is 2.28 bits per heavy atom. The predicted molar refractivity (Wildman–Crippen MR) is 73.2 cm³/mol. The molecule has 0 aliphatic heterocycles. The molecular weight excluding hydrogens is 242 g/mol. The van der Waals surface area contributed by atoms with E-state index >= 15 is 0 Å². The maximum absolute atomic E-state index is 5.65. The summed E-state index contributed by atoms with van der Waals surface area (Å²) in [4.78, 5) is 4.30. The molecule has 1 heterocycles. The van der Waals surface area contributed by atoms with Gasteiger partial charge in [0.25, 0.3) is 0 Å². The van der Waals surface area contributed by atoms with Crippen molar-refractivity contribution in [3.8, 4) is 0 Å². The van der Waals surface area contributed by atoms with E-state index in [9.17, 15) is 0 Å². The van der Waals surface area contributed by atoms with Gasteiger partial charge < -0.3 is 5.73 Å². The fourth-order valence-corrected chi connectivity index (χ4v) is 5.65. The molecule has 2 N–H and O–H groups in total. The highest BCUT2D eigenvalue weighted by molar-refractivity contribution is 7.09. The van der Waals surface area contributed by atoms with Crippen LogP contribution < -0.4 is 5.73 Å². The van der Waals surface area contributed by atoms with Gasteiger partial charge in [0.15, 0.2) is 5.13 Å². The van der Waals surface area contributed by atoms with Crippen LogP contribution in [0.4, 0.5) is 5.13 Å². The highest BCUT2D eigenvalue weighted by atomic mass is 32.1. The summed E-state index contributed by atoms with van der Waals surface area (Å²) < 4.78 is 4.32. The van der Waals surface area contributed by atoms with Crippen molar-refractivity contribution >= 4 is 16.7 Å². The summed E-state index contributed by atoms with van der Waals surface area (Å²) in [5.41, 5.74) is 5.65. The molecule has 0 spiro atoms. The normalized spacial score (nSPS) is 41.4. The molecule has 4 bridgehead atoms. The number of nitrogens with two attached hydrogens (primary N) is 1. The lowest BCUT2D eigenvalue weighted by Crippen LogP contribution is -2.45. The minimum absolute atomic E-state index is 0.620. The topological polar surface area (TPSA) is 51.8 Å². The maximum atomic E-state index is 5.65. The van der Waals surface area contributed by atoms with Crippen LogP contribution in [0.1, 0.15) is 44.3 Å². The van der Waals surface area contributed by atoms with Crippen molar-refractivity contribution in [3.05, 3.63) is 5.82 Å². The quantitative estimate of drug-likeness (QED) is 0.911.